The molecule has 0 aliphatic rings. The Morgan fingerprint density at radius 1 is 0.517 bits per heavy atom. The van der Waals surface area contributed by atoms with Crippen molar-refractivity contribution < 1.29 is 4.57 Å². The van der Waals surface area contributed by atoms with Crippen LogP contribution in [0.1, 0.15) is 142 Å². The monoisotopic (exact) mass is 405 g/mol. The van der Waals surface area contributed by atoms with Crippen molar-refractivity contribution in [3.8, 4) is 0 Å². The third kappa shape index (κ3) is 16.7. The molecule has 1 heterocycles. The van der Waals surface area contributed by atoms with Crippen LogP contribution >= 0.6 is 0 Å². The van der Waals surface area contributed by atoms with Crippen LogP contribution in [0.15, 0.2) is 18.7 Å². The summed E-state index contributed by atoms with van der Waals surface area (Å²) in [4.78, 5) is 0. The lowest BCUT2D eigenvalue weighted by Crippen LogP contribution is -2.30. The van der Waals surface area contributed by atoms with E-state index in [9.17, 15) is 0 Å². The van der Waals surface area contributed by atoms with Crippen LogP contribution in [-0.2, 0) is 13.1 Å². The first-order valence-electron chi connectivity index (χ1n) is 13.4. The van der Waals surface area contributed by atoms with E-state index < -0.39 is 0 Å². The van der Waals surface area contributed by atoms with Gasteiger partial charge in [-0.1, -0.05) is 117 Å². The SMILES string of the molecule is CCCCCCCCCCCCn1cc[n+](CCCCCCCCCCCC)c1. The molecule has 0 atom stereocenters. The van der Waals surface area contributed by atoms with Gasteiger partial charge in [-0.2, -0.15) is 0 Å². The van der Waals surface area contributed by atoms with Gasteiger partial charge in [-0.3, -0.25) is 0 Å². The first-order chi connectivity index (χ1) is 14.4. The Kier molecular flexibility index (Phi) is 18.5. The van der Waals surface area contributed by atoms with E-state index in [1.54, 1.807) is 0 Å². The molecular weight excluding hydrogens is 352 g/mol. The van der Waals surface area contributed by atoms with Crippen molar-refractivity contribution in [1.29, 1.82) is 0 Å². The zero-order valence-corrected chi connectivity index (χ0v) is 20.2. The highest BCUT2D eigenvalue weighted by molar-refractivity contribution is 4.66. The van der Waals surface area contributed by atoms with Crippen LogP contribution in [-0.4, -0.2) is 4.57 Å². The Balaban J connectivity index is 1.88. The maximum absolute atomic E-state index is 2.39. The first-order valence-corrected chi connectivity index (χ1v) is 13.4. The van der Waals surface area contributed by atoms with Gasteiger partial charge in [-0.25, -0.2) is 9.13 Å². The largest absolute Gasteiger partial charge is 0.243 e. The number of nitrogens with zero attached hydrogens (tertiary/aromatic N) is 2. The molecule has 1 aromatic heterocycles. The first kappa shape index (κ1) is 26.2. The molecule has 0 aliphatic heterocycles. The maximum Gasteiger partial charge on any atom is 0.243 e. The van der Waals surface area contributed by atoms with E-state index in [1.165, 1.54) is 142 Å². The van der Waals surface area contributed by atoms with Crippen LogP contribution in [0.3, 0.4) is 0 Å². The number of hydrogen-bond donors (Lipinski definition) is 0. The lowest BCUT2D eigenvalue weighted by atomic mass is 10.1. The van der Waals surface area contributed by atoms with E-state index >= 15 is 0 Å². The average molecular weight is 406 g/mol. The summed E-state index contributed by atoms with van der Waals surface area (Å²) in [5, 5.41) is 0. The Morgan fingerprint density at radius 3 is 1.41 bits per heavy atom. The summed E-state index contributed by atoms with van der Waals surface area (Å²) in [5.74, 6) is 0. The van der Waals surface area contributed by atoms with E-state index in [0.29, 0.717) is 0 Å². The van der Waals surface area contributed by atoms with Crippen molar-refractivity contribution in [2.75, 3.05) is 0 Å². The summed E-state index contributed by atoms with van der Waals surface area (Å²) in [6.07, 6.45) is 35.2. The molecule has 0 unspecified atom stereocenters. The van der Waals surface area contributed by atoms with Gasteiger partial charge in [-0.05, 0) is 25.7 Å². The minimum absolute atomic E-state index is 1.20. The molecule has 0 amide bonds. The number of aryl methyl sites for hydroxylation is 2. The Bertz CT molecular complexity index is 399. The molecule has 0 bridgehead atoms. The molecule has 0 N–H and O–H groups in total. The molecule has 1 aromatic rings. The van der Waals surface area contributed by atoms with E-state index in [-0.39, 0.29) is 0 Å². The van der Waals surface area contributed by atoms with Crippen molar-refractivity contribution in [3.05, 3.63) is 18.7 Å². The molecule has 0 saturated carbocycles. The van der Waals surface area contributed by atoms with Crippen LogP contribution < -0.4 is 4.57 Å². The summed E-state index contributed by atoms with van der Waals surface area (Å²) in [5.41, 5.74) is 0. The van der Waals surface area contributed by atoms with Crippen molar-refractivity contribution in [2.45, 2.75) is 155 Å². The molecule has 0 fully saturated rings. The second kappa shape index (κ2) is 20.5. The Labute approximate surface area is 183 Å². The predicted molar refractivity (Wildman–Crippen MR) is 128 cm³/mol. The van der Waals surface area contributed by atoms with Gasteiger partial charge < -0.3 is 0 Å². The zero-order chi connectivity index (χ0) is 20.8. The van der Waals surface area contributed by atoms with Crippen LogP contribution in [0.25, 0.3) is 0 Å². The summed E-state index contributed by atoms with van der Waals surface area (Å²) in [6, 6.07) is 0. The molecule has 0 aliphatic carbocycles. The van der Waals surface area contributed by atoms with Gasteiger partial charge in [0, 0.05) is 0 Å². The third-order valence-electron chi connectivity index (χ3n) is 6.29. The van der Waals surface area contributed by atoms with E-state index in [4.69, 9.17) is 0 Å². The number of aromatic nitrogens is 2. The summed E-state index contributed by atoms with van der Waals surface area (Å²) >= 11 is 0. The Morgan fingerprint density at radius 2 is 0.931 bits per heavy atom. The van der Waals surface area contributed by atoms with Crippen LogP contribution in [0.2, 0.25) is 0 Å². The quantitative estimate of drug-likeness (QED) is 0.135. The van der Waals surface area contributed by atoms with Gasteiger partial charge in [0.1, 0.15) is 12.4 Å². The molecular formula is C27H53N2+. The molecule has 0 spiro atoms. The molecule has 1 rings (SSSR count). The van der Waals surface area contributed by atoms with Crippen LogP contribution in [0.4, 0.5) is 0 Å². The van der Waals surface area contributed by atoms with Crippen molar-refractivity contribution in [2.24, 2.45) is 0 Å². The van der Waals surface area contributed by atoms with Gasteiger partial charge in [0.25, 0.3) is 0 Å². The minimum Gasteiger partial charge on any atom is -0.237 e. The van der Waals surface area contributed by atoms with Gasteiger partial charge in [-0.15, -0.1) is 0 Å². The molecule has 2 nitrogen and oxygen atoms in total. The summed E-state index contributed by atoms with van der Waals surface area (Å²) < 4.78 is 4.78. The smallest absolute Gasteiger partial charge is 0.237 e. The van der Waals surface area contributed by atoms with Gasteiger partial charge in [0.2, 0.25) is 6.33 Å². The van der Waals surface area contributed by atoms with Crippen LogP contribution in [0.5, 0.6) is 0 Å². The fourth-order valence-corrected chi connectivity index (χ4v) is 4.27. The number of unbranched alkanes of at least 4 members (excludes halogenated alkanes) is 18. The summed E-state index contributed by atoms with van der Waals surface area (Å²) in [6.45, 7) is 6.98. The second-order valence-corrected chi connectivity index (χ2v) is 9.25. The normalized spacial score (nSPS) is 11.4. The van der Waals surface area contributed by atoms with Gasteiger partial charge in [0.05, 0.1) is 13.1 Å². The van der Waals surface area contributed by atoms with Crippen LogP contribution in [0, 0.1) is 0 Å². The van der Waals surface area contributed by atoms with Gasteiger partial charge in [0.15, 0.2) is 0 Å². The van der Waals surface area contributed by atoms with E-state index in [0.717, 1.165) is 0 Å². The lowest BCUT2D eigenvalue weighted by molar-refractivity contribution is -0.696. The fourth-order valence-electron chi connectivity index (χ4n) is 4.27. The number of rotatable bonds is 22. The van der Waals surface area contributed by atoms with E-state index in [1.807, 2.05) is 0 Å². The summed E-state index contributed by atoms with van der Waals surface area (Å²) in [7, 11) is 0. The fraction of sp³-hybridized carbons (Fsp3) is 0.889. The highest BCUT2D eigenvalue weighted by atomic mass is 15.1. The van der Waals surface area contributed by atoms with Crippen molar-refractivity contribution >= 4 is 0 Å². The molecule has 0 saturated heterocycles. The molecule has 0 aromatic carbocycles. The predicted octanol–water partition coefficient (Wildman–Crippen LogP) is 8.62. The lowest BCUT2D eigenvalue weighted by Gasteiger charge is -2.02. The Hall–Kier alpha value is -0.790. The van der Waals surface area contributed by atoms with Crippen molar-refractivity contribution in [1.82, 2.24) is 4.57 Å². The molecule has 29 heavy (non-hydrogen) atoms. The molecule has 2 heteroatoms. The average Bonchev–Trinajstić information content (AvgIpc) is 3.18. The highest BCUT2D eigenvalue weighted by Gasteiger charge is 2.03. The van der Waals surface area contributed by atoms with Gasteiger partial charge >= 0.3 is 0 Å². The zero-order valence-electron chi connectivity index (χ0n) is 20.2. The second-order valence-electron chi connectivity index (χ2n) is 9.25. The molecule has 170 valence electrons. The molecule has 0 radical (unpaired) electrons. The number of imidazole rings is 1. The highest BCUT2D eigenvalue weighted by Crippen LogP contribution is 2.12. The number of hydrogen-bond acceptors (Lipinski definition) is 0. The minimum atomic E-state index is 1.20. The topological polar surface area (TPSA) is 8.81 Å². The maximum atomic E-state index is 2.39. The van der Waals surface area contributed by atoms with E-state index in [2.05, 4.69) is 41.7 Å². The third-order valence-corrected chi connectivity index (χ3v) is 6.29. The van der Waals surface area contributed by atoms with Crippen molar-refractivity contribution in [3.63, 3.8) is 0 Å². The standard InChI is InChI=1S/C27H53N2/c1-3-5-7-9-11-13-15-17-19-21-23-28-25-26-29(27-28)24-22-20-18-16-14-12-10-8-6-4-2/h25-27H,3-24H2,1-2H3/q+1.